The molecule has 0 aliphatic heterocycles. The van der Waals surface area contributed by atoms with Gasteiger partial charge in [0.2, 0.25) is 0 Å². The Kier molecular flexibility index (Phi) is 5.16. The molecule has 0 spiro atoms. The van der Waals surface area contributed by atoms with Crippen molar-refractivity contribution < 1.29 is 12.7 Å². The van der Waals surface area contributed by atoms with Gasteiger partial charge < -0.3 is 12.7 Å². The predicted molar refractivity (Wildman–Crippen MR) is 71.8 cm³/mol. The van der Waals surface area contributed by atoms with Crippen molar-refractivity contribution in [2.45, 2.75) is 39.3 Å². The van der Waals surface area contributed by atoms with Gasteiger partial charge >= 0.3 is 8.80 Å². The van der Waals surface area contributed by atoms with E-state index in [1.165, 1.54) is 0 Å². The largest absolute Gasteiger partial charge is 0.507 e. The first-order valence-corrected chi connectivity index (χ1v) is 13.7. The van der Waals surface area contributed by atoms with Gasteiger partial charge in [0.25, 0.3) is 0 Å². The molecule has 0 radical (unpaired) electrons. The van der Waals surface area contributed by atoms with Crippen molar-refractivity contribution in [3.8, 4) is 0 Å². The summed E-state index contributed by atoms with van der Waals surface area (Å²) in [6.07, 6.45) is 0. The van der Waals surface area contributed by atoms with E-state index in [1.54, 1.807) is 12.8 Å². The van der Waals surface area contributed by atoms with Crippen LogP contribution in [0.25, 0.3) is 0 Å². The summed E-state index contributed by atoms with van der Waals surface area (Å²) >= 11 is 0. The van der Waals surface area contributed by atoms with Crippen LogP contribution in [0.15, 0.2) is 12.3 Å². The lowest BCUT2D eigenvalue weighted by Crippen LogP contribution is -2.55. The third kappa shape index (κ3) is 6.44. The zero-order valence-electron chi connectivity index (χ0n) is 11.0. The minimum Gasteiger partial charge on any atom is -0.413 e. The smallest absolute Gasteiger partial charge is 0.413 e. The molecule has 0 aromatic carbocycles. The lowest BCUT2D eigenvalue weighted by Gasteiger charge is -2.36. The highest BCUT2D eigenvalue weighted by atomic mass is 28.5. The number of hydrogen-bond donors (Lipinski definition) is 0. The Hall–Kier alpha value is 0.271. The predicted octanol–water partition coefficient (Wildman–Crippen LogP) is 3.00. The van der Waals surface area contributed by atoms with Gasteiger partial charge in [0.1, 0.15) is 0 Å². The molecule has 0 N–H and O–H groups in total. The van der Waals surface area contributed by atoms with E-state index < -0.39 is 25.4 Å². The molecule has 0 atom stereocenters. The first-order valence-electron chi connectivity index (χ1n) is 5.13. The monoisotopic (exact) mass is 264 g/mol. The summed E-state index contributed by atoms with van der Waals surface area (Å²) in [6, 6.07) is 0. The highest BCUT2D eigenvalue weighted by molar-refractivity contribution is 6.87. The minimum atomic E-state index is -2.63. The van der Waals surface area contributed by atoms with Gasteiger partial charge in [-0.05, 0) is 45.0 Å². The lowest BCUT2D eigenvalue weighted by molar-refractivity contribution is 0.216. The Morgan fingerprint density at radius 1 is 0.867 bits per heavy atom. The molecule has 90 valence electrons. The van der Waals surface area contributed by atoms with Crippen molar-refractivity contribution in [2.75, 3.05) is 7.11 Å². The molecular weight excluding hydrogens is 240 g/mol. The molecule has 0 fully saturated rings. The Morgan fingerprint density at radius 3 is 1.33 bits per heavy atom. The summed E-state index contributed by atoms with van der Waals surface area (Å²) in [5.74, 6) is 0. The molecule has 0 aromatic rings. The van der Waals surface area contributed by atoms with E-state index in [9.17, 15) is 0 Å². The lowest BCUT2D eigenvalue weighted by atomic mass is 11.3. The summed E-state index contributed by atoms with van der Waals surface area (Å²) in [7, 11) is -4.32. The van der Waals surface area contributed by atoms with Gasteiger partial charge in [-0.25, -0.2) is 0 Å². The Balaban J connectivity index is 4.82. The zero-order chi connectivity index (χ0) is 12.3. The van der Waals surface area contributed by atoms with Gasteiger partial charge in [-0.1, -0.05) is 6.58 Å². The topological polar surface area (TPSA) is 27.7 Å². The van der Waals surface area contributed by atoms with Gasteiger partial charge in [-0.2, -0.15) is 0 Å². The van der Waals surface area contributed by atoms with Crippen LogP contribution in [0.4, 0.5) is 0 Å². The SMILES string of the molecule is C=C[Si](OC)(O[Si](C)(C)C)O[Si](C)(C)C. The number of rotatable bonds is 6. The van der Waals surface area contributed by atoms with Gasteiger partial charge in [0.15, 0.2) is 16.6 Å². The van der Waals surface area contributed by atoms with Crippen LogP contribution in [0.1, 0.15) is 0 Å². The van der Waals surface area contributed by atoms with Crippen molar-refractivity contribution in [1.29, 1.82) is 0 Å². The molecule has 0 bridgehead atoms. The molecule has 0 rings (SSSR count). The van der Waals surface area contributed by atoms with Crippen molar-refractivity contribution in [3.05, 3.63) is 12.3 Å². The Bertz CT molecular complexity index is 202. The molecule has 0 amide bonds. The van der Waals surface area contributed by atoms with Crippen LogP contribution in [-0.4, -0.2) is 32.5 Å². The number of hydrogen-bond acceptors (Lipinski definition) is 3. The average molecular weight is 265 g/mol. The Labute approximate surface area is 97.1 Å². The van der Waals surface area contributed by atoms with Crippen LogP contribution in [0.5, 0.6) is 0 Å². The van der Waals surface area contributed by atoms with Crippen molar-refractivity contribution >= 4 is 25.4 Å². The van der Waals surface area contributed by atoms with Crippen LogP contribution in [-0.2, 0) is 12.7 Å². The third-order valence-corrected chi connectivity index (χ3v) is 9.68. The minimum absolute atomic E-state index is 1.65. The van der Waals surface area contributed by atoms with Crippen LogP contribution in [0.3, 0.4) is 0 Å². The second-order valence-corrected chi connectivity index (χ2v) is 17.5. The van der Waals surface area contributed by atoms with E-state index in [1.807, 2.05) is 0 Å². The normalized spacial score (nSPS) is 14.1. The van der Waals surface area contributed by atoms with Crippen molar-refractivity contribution in [1.82, 2.24) is 0 Å². The van der Waals surface area contributed by atoms with Crippen molar-refractivity contribution in [3.63, 3.8) is 0 Å². The molecule has 0 aliphatic rings. The molecule has 15 heavy (non-hydrogen) atoms. The summed E-state index contributed by atoms with van der Waals surface area (Å²) in [5, 5.41) is 0. The first-order chi connectivity index (χ1) is 6.54. The molecule has 0 heterocycles. The van der Waals surface area contributed by atoms with E-state index in [4.69, 9.17) is 12.7 Å². The molecular formula is C9H24O3Si3. The van der Waals surface area contributed by atoms with Crippen LogP contribution in [0.2, 0.25) is 39.3 Å². The van der Waals surface area contributed by atoms with E-state index in [0.29, 0.717) is 0 Å². The zero-order valence-corrected chi connectivity index (χ0v) is 14.0. The maximum Gasteiger partial charge on any atom is 0.507 e. The fourth-order valence-corrected chi connectivity index (χ4v) is 9.99. The van der Waals surface area contributed by atoms with Gasteiger partial charge in [0, 0.05) is 7.11 Å². The fourth-order valence-electron chi connectivity index (χ4n) is 1.12. The standard InChI is InChI=1S/C9H24O3Si3/c1-9-15(10-2,11-13(3,4)5)12-14(6,7)8/h9H,1H2,2-8H3. The highest BCUT2D eigenvalue weighted by Gasteiger charge is 2.44. The second kappa shape index (κ2) is 5.07. The first kappa shape index (κ1) is 15.3. The molecule has 6 heteroatoms. The molecule has 0 aliphatic carbocycles. The maximum absolute atomic E-state index is 6.05. The van der Waals surface area contributed by atoms with Crippen LogP contribution < -0.4 is 0 Å². The molecule has 0 aromatic heterocycles. The molecule has 3 nitrogen and oxygen atoms in total. The van der Waals surface area contributed by atoms with Crippen LogP contribution >= 0.6 is 0 Å². The summed E-state index contributed by atoms with van der Waals surface area (Å²) in [5.41, 5.74) is 1.74. The van der Waals surface area contributed by atoms with E-state index in [2.05, 4.69) is 45.9 Å². The van der Waals surface area contributed by atoms with Gasteiger partial charge in [0.05, 0.1) is 0 Å². The maximum atomic E-state index is 6.05. The van der Waals surface area contributed by atoms with Gasteiger partial charge in [-0.15, -0.1) is 0 Å². The quantitative estimate of drug-likeness (QED) is 0.690. The Morgan fingerprint density at radius 2 is 1.20 bits per heavy atom. The summed E-state index contributed by atoms with van der Waals surface area (Å²) in [6.45, 7) is 16.6. The summed E-state index contributed by atoms with van der Waals surface area (Å²) < 4.78 is 17.6. The molecule has 0 saturated heterocycles. The summed E-state index contributed by atoms with van der Waals surface area (Å²) in [4.78, 5) is 0. The highest BCUT2D eigenvalue weighted by Crippen LogP contribution is 2.21. The van der Waals surface area contributed by atoms with E-state index in [0.717, 1.165) is 0 Å². The van der Waals surface area contributed by atoms with Gasteiger partial charge in [-0.3, -0.25) is 0 Å². The third-order valence-electron chi connectivity index (χ3n) is 1.43. The van der Waals surface area contributed by atoms with E-state index >= 15 is 0 Å². The fraction of sp³-hybridized carbons (Fsp3) is 0.778. The molecule has 0 saturated carbocycles. The van der Waals surface area contributed by atoms with Crippen molar-refractivity contribution in [2.24, 2.45) is 0 Å². The second-order valence-electron chi connectivity index (χ2n) is 5.44. The molecule has 0 unspecified atom stereocenters. The van der Waals surface area contributed by atoms with E-state index in [-0.39, 0.29) is 0 Å². The average Bonchev–Trinajstić information content (AvgIpc) is 1.98. The van der Waals surface area contributed by atoms with Crippen LogP contribution in [0, 0.1) is 0 Å².